The second kappa shape index (κ2) is 2.59. The molecule has 0 unspecified atom stereocenters. The van der Waals surface area contributed by atoms with Crippen molar-refractivity contribution in [3.8, 4) is 0 Å². The smallest absolute Gasteiger partial charge is 0.119 e. The van der Waals surface area contributed by atoms with Crippen LogP contribution in [-0.4, -0.2) is 9.61 Å². The van der Waals surface area contributed by atoms with Crippen LogP contribution in [-0.2, 0) is 0 Å². The van der Waals surface area contributed by atoms with Gasteiger partial charge < -0.3 is 0 Å². The number of aryl methyl sites for hydroxylation is 1. The molecule has 0 bridgehead atoms. The van der Waals surface area contributed by atoms with Gasteiger partial charge in [0.05, 0.1) is 0 Å². The Labute approximate surface area is 75.8 Å². The first kappa shape index (κ1) is 7.80. The van der Waals surface area contributed by atoms with Gasteiger partial charge >= 0.3 is 0 Å². The van der Waals surface area contributed by atoms with Gasteiger partial charge in [0, 0.05) is 6.20 Å². The normalized spacial score (nSPS) is 11.7. The quantitative estimate of drug-likeness (QED) is 0.659. The molecule has 0 fully saturated rings. The fourth-order valence-corrected chi connectivity index (χ4v) is 2.06. The maximum absolute atomic E-state index is 4.35. The Bertz CT molecular complexity index is 366. The third-order valence-electron chi connectivity index (χ3n) is 1.95. The Kier molecular flexibility index (Phi) is 1.68. The molecule has 3 heteroatoms. The van der Waals surface area contributed by atoms with Crippen LogP contribution in [0, 0.1) is 6.92 Å². The molecule has 0 aromatic carbocycles. The van der Waals surface area contributed by atoms with E-state index in [1.807, 2.05) is 11.4 Å². The first-order valence-electron chi connectivity index (χ1n) is 4.12. The second-order valence-corrected chi connectivity index (χ2v) is 4.55. The van der Waals surface area contributed by atoms with Crippen LogP contribution >= 0.6 is 11.3 Å². The van der Waals surface area contributed by atoms with Crippen LogP contribution in [0.2, 0.25) is 0 Å². The minimum absolute atomic E-state index is 0.596. The second-order valence-electron chi connectivity index (χ2n) is 3.33. The molecular formula is C9H12N2S. The van der Waals surface area contributed by atoms with E-state index in [2.05, 4.69) is 31.2 Å². The highest BCUT2D eigenvalue weighted by Crippen LogP contribution is 2.22. The first-order chi connectivity index (χ1) is 5.66. The number of hydrogen-bond donors (Lipinski definition) is 0. The van der Waals surface area contributed by atoms with E-state index in [9.17, 15) is 0 Å². The van der Waals surface area contributed by atoms with Gasteiger partial charge in [0.1, 0.15) is 9.84 Å². The summed E-state index contributed by atoms with van der Waals surface area (Å²) in [5, 5.41) is 5.48. The van der Waals surface area contributed by atoms with Crippen molar-refractivity contribution in [2.75, 3.05) is 0 Å². The average molecular weight is 180 g/mol. The Morgan fingerprint density at radius 3 is 2.83 bits per heavy atom. The highest BCUT2D eigenvalue weighted by atomic mass is 32.1. The van der Waals surface area contributed by atoms with Crippen molar-refractivity contribution in [2.24, 2.45) is 0 Å². The van der Waals surface area contributed by atoms with Gasteiger partial charge in [-0.05, 0) is 24.5 Å². The van der Waals surface area contributed by atoms with Gasteiger partial charge in [-0.15, -0.1) is 0 Å². The number of rotatable bonds is 1. The molecule has 0 atom stereocenters. The Morgan fingerprint density at radius 2 is 2.25 bits per heavy atom. The number of hydrogen-bond acceptors (Lipinski definition) is 2. The van der Waals surface area contributed by atoms with Crippen molar-refractivity contribution in [3.63, 3.8) is 0 Å². The summed E-state index contributed by atoms with van der Waals surface area (Å²) in [6, 6.07) is 2.22. The molecular weight excluding hydrogens is 168 g/mol. The van der Waals surface area contributed by atoms with Crippen LogP contribution in [0.25, 0.3) is 4.83 Å². The standard InChI is InChI=1S/C9H12N2S/c1-6(2)8-4-9-11(5-8)10-7(3)12-9/h4-6H,1-3H3. The summed E-state index contributed by atoms with van der Waals surface area (Å²) in [7, 11) is 0. The minimum Gasteiger partial charge on any atom is -0.230 e. The third kappa shape index (κ3) is 1.14. The lowest BCUT2D eigenvalue weighted by Gasteiger charge is -1.96. The van der Waals surface area contributed by atoms with Crippen LogP contribution in [0.4, 0.5) is 0 Å². The topological polar surface area (TPSA) is 17.3 Å². The molecule has 0 saturated carbocycles. The van der Waals surface area contributed by atoms with E-state index in [1.54, 1.807) is 11.3 Å². The molecule has 0 N–H and O–H groups in total. The lowest BCUT2D eigenvalue weighted by molar-refractivity contribution is 0.852. The molecule has 2 aromatic heterocycles. The van der Waals surface area contributed by atoms with Crippen molar-refractivity contribution in [1.29, 1.82) is 0 Å². The summed E-state index contributed by atoms with van der Waals surface area (Å²) in [5.41, 5.74) is 1.37. The lowest BCUT2D eigenvalue weighted by atomic mass is 10.1. The summed E-state index contributed by atoms with van der Waals surface area (Å²) in [6.45, 7) is 6.44. The zero-order chi connectivity index (χ0) is 8.72. The minimum atomic E-state index is 0.596. The molecule has 0 saturated heterocycles. The molecule has 0 aliphatic rings. The average Bonchev–Trinajstić information content (AvgIpc) is 2.42. The highest BCUT2D eigenvalue weighted by Gasteiger charge is 2.05. The van der Waals surface area contributed by atoms with Gasteiger partial charge in [-0.25, -0.2) is 4.52 Å². The van der Waals surface area contributed by atoms with E-state index in [0.29, 0.717) is 5.92 Å². The number of aromatic nitrogens is 2. The summed E-state index contributed by atoms with van der Waals surface area (Å²) in [4.78, 5) is 1.25. The Balaban J connectivity index is 2.57. The maximum atomic E-state index is 4.35. The largest absolute Gasteiger partial charge is 0.230 e. The Morgan fingerprint density at radius 1 is 1.50 bits per heavy atom. The van der Waals surface area contributed by atoms with E-state index in [0.717, 1.165) is 5.01 Å². The predicted molar refractivity (Wildman–Crippen MR) is 51.9 cm³/mol. The fourth-order valence-electron chi connectivity index (χ4n) is 1.24. The maximum Gasteiger partial charge on any atom is 0.119 e. The SMILES string of the molecule is Cc1nn2cc(C(C)C)cc2s1. The van der Waals surface area contributed by atoms with Crippen LogP contribution in [0.15, 0.2) is 12.3 Å². The monoisotopic (exact) mass is 180 g/mol. The van der Waals surface area contributed by atoms with Gasteiger partial charge in [-0.2, -0.15) is 5.10 Å². The van der Waals surface area contributed by atoms with Crippen LogP contribution in [0.1, 0.15) is 30.3 Å². The summed E-state index contributed by atoms with van der Waals surface area (Å²) in [5.74, 6) is 0.596. The molecule has 2 rings (SSSR count). The summed E-state index contributed by atoms with van der Waals surface area (Å²) < 4.78 is 1.97. The van der Waals surface area contributed by atoms with E-state index in [1.165, 1.54) is 10.4 Å². The Hall–Kier alpha value is -0.830. The van der Waals surface area contributed by atoms with Crippen molar-refractivity contribution in [3.05, 3.63) is 22.8 Å². The molecule has 2 heterocycles. The van der Waals surface area contributed by atoms with Crippen molar-refractivity contribution in [1.82, 2.24) is 9.61 Å². The third-order valence-corrected chi connectivity index (χ3v) is 2.85. The molecule has 2 nitrogen and oxygen atoms in total. The fraction of sp³-hybridized carbons (Fsp3) is 0.444. The van der Waals surface area contributed by atoms with Crippen molar-refractivity contribution < 1.29 is 0 Å². The summed E-state index contributed by atoms with van der Waals surface area (Å²) >= 11 is 1.74. The molecule has 64 valence electrons. The van der Waals surface area contributed by atoms with Gasteiger partial charge in [0.15, 0.2) is 0 Å². The molecule has 0 aliphatic carbocycles. The number of fused-ring (bicyclic) bond motifs is 1. The molecule has 12 heavy (non-hydrogen) atoms. The van der Waals surface area contributed by atoms with Crippen molar-refractivity contribution in [2.45, 2.75) is 26.7 Å². The van der Waals surface area contributed by atoms with Crippen LogP contribution in [0.5, 0.6) is 0 Å². The lowest BCUT2D eigenvalue weighted by Crippen LogP contribution is -1.84. The van der Waals surface area contributed by atoms with E-state index < -0.39 is 0 Å². The molecule has 2 aromatic rings. The van der Waals surface area contributed by atoms with Gasteiger partial charge in [0.25, 0.3) is 0 Å². The van der Waals surface area contributed by atoms with Crippen molar-refractivity contribution >= 4 is 16.2 Å². The molecule has 0 radical (unpaired) electrons. The zero-order valence-corrected chi connectivity index (χ0v) is 8.35. The van der Waals surface area contributed by atoms with E-state index >= 15 is 0 Å². The predicted octanol–water partition coefficient (Wildman–Crippen LogP) is 2.83. The molecule has 0 aliphatic heterocycles. The van der Waals surface area contributed by atoms with Crippen LogP contribution < -0.4 is 0 Å². The zero-order valence-electron chi connectivity index (χ0n) is 7.53. The van der Waals surface area contributed by atoms with E-state index in [-0.39, 0.29) is 0 Å². The van der Waals surface area contributed by atoms with Gasteiger partial charge in [-0.3, -0.25) is 0 Å². The molecule has 0 amide bonds. The number of nitrogens with zero attached hydrogens (tertiary/aromatic N) is 2. The van der Waals surface area contributed by atoms with Gasteiger partial charge in [0.2, 0.25) is 0 Å². The summed E-state index contributed by atoms with van der Waals surface area (Å²) in [6.07, 6.45) is 2.11. The van der Waals surface area contributed by atoms with E-state index in [4.69, 9.17) is 0 Å². The van der Waals surface area contributed by atoms with Gasteiger partial charge in [-0.1, -0.05) is 25.2 Å². The molecule has 0 spiro atoms. The first-order valence-corrected chi connectivity index (χ1v) is 4.94. The van der Waals surface area contributed by atoms with Crippen LogP contribution in [0.3, 0.4) is 0 Å². The highest BCUT2D eigenvalue weighted by molar-refractivity contribution is 7.17.